The lowest BCUT2D eigenvalue weighted by Gasteiger charge is -2.18. The summed E-state index contributed by atoms with van der Waals surface area (Å²) in [7, 11) is 0. The number of hydrogen-bond donors (Lipinski definition) is 0. The summed E-state index contributed by atoms with van der Waals surface area (Å²) in [6, 6.07) is 71.0. The van der Waals surface area contributed by atoms with Gasteiger partial charge < -0.3 is 4.42 Å². The van der Waals surface area contributed by atoms with Gasteiger partial charge in [-0.3, -0.25) is 0 Å². The van der Waals surface area contributed by atoms with Crippen LogP contribution in [0.5, 0.6) is 0 Å². The SMILES string of the molecule is c1cc(-c2ccc3c4ccccc4c4c(oc5ccc6ccccc6c54)c3c2)cc(-c2c3ccccc3c(-c3ccc4ccccc4c3)c3ccccc23)c1. The van der Waals surface area contributed by atoms with Crippen molar-refractivity contribution in [3.63, 3.8) is 0 Å². The lowest BCUT2D eigenvalue weighted by molar-refractivity contribution is 0.673. The average Bonchev–Trinajstić information content (AvgIpc) is 3.66. The van der Waals surface area contributed by atoms with Gasteiger partial charge in [0.2, 0.25) is 0 Å². The van der Waals surface area contributed by atoms with Gasteiger partial charge in [-0.05, 0) is 117 Å². The molecule has 0 aliphatic heterocycles. The third-order valence-electron chi connectivity index (χ3n) is 11.8. The minimum Gasteiger partial charge on any atom is -0.455 e. The third kappa shape index (κ3) is 4.48. The standard InChI is InChI=1S/C54H32O/c1-2-14-35-30-39(25-24-33(35)12-1)51-46-22-9-7-20-44(46)50(45-21-8-10-23-47(45)51)38-16-11-15-36(31-38)37-26-28-42-41-18-5-6-19-43(41)53-52-40-17-4-3-13-34(40)27-29-49(52)55-54(53)48(42)32-37/h1-32H. The minimum absolute atomic E-state index is 0.921. The number of hydrogen-bond acceptors (Lipinski definition) is 1. The fourth-order valence-corrected chi connectivity index (χ4v) is 9.35. The van der Waals surface area contributed by atoms with Crippen LogP contribution in [0.2, 0.25) is 0 Å². The molecule has 55 heavy (non-hydrogen) atoms. The quantitative estimate of drug-likeness (QED) is 0.132. The van der Waals surface area contributed by atoms with Crippen molar-refractivity contribution in [1.29, 1.82) is 0 Å². The Labute approximate surface area is 317 Å². The molecule has 1 heteroatoms. The van der Waals surface area contributed by atoms with Gasteiger partial charge in [0.25, 0.3) is 0 Å². The molecule has 254 valence electrons. The van der Waals surface area contributed by atoms with Crippen molar-refractivity contribution in [2.75, 3.05) is 0 Å². The van der Waals surface area contributed by atoms with Gasteiger partial charge >= 0.3 is 0 Å². The summed E-state index contributed by atoms with van der Waals surface area (Å²) in [5.41, 5.74) is 9.18. The van der Waals surface area contributed by atoms with E-state index in [1.54, 1.807) is 0 Å². The summed E-state index contributed by atoms with van der Waals surface area (Å²) in [4.78, 5) is 0. The zero-order valence-corrected chi connectivity index (χ0v) is 29.9. The zero-order chi connectivity index (χ0) is 36.0. The monoisotopic (exact) mass is 696 g/mol. The molecule has 0 amide bonds. The van der Waals surface area contributed by atoms with Gasteiger partial charge in [-0.2, -0.15) is 0 Å². The van der Waals surface area contributed by atoms with Gasteiger partial charge in [-0.1, -0.05) is 170 Å². The molecule has 0 saturated carbocycles. The van der Waals surface area contributed by atoms with Crippen molar-refractivity contribution in [2.45, 2.75) is 0 Å². The second kappa shape index (κ2) is 11.6. The van der Waals surface area contributed by atoms with E-state index in [-0.39, 0.29) is 0 Å². The van der Waals surface area contributed by atoms with Crippen LogP contribution in [-0.4, -0.2) is 0 Å². The molecule has 0 unspecified atom stereocenters. The molecule has 0 N–H and O–H groups in total. The predicted octanol–water partition coefficient (Wildman–Crippen LogP) is 15.5. The van der Waals surface area contributed by atoms with Gasteiger partial charge in [-0.15, -0.1) is 0 Å². The molecule has 1 aromatic heterocycles. The van der Waals surface area contributed by atoms with E-state index in [2.05, 4.69) is 194 Å². The van der Waals surface area contributed by atoms with Gasteiger partial charge in [-0.25, -0.2) is 0 Å². The molecule has 0 atom stereocenters. The van der Waals surface area contributed by atoms with Crippen LogP contribution < -0.4 is 0 Å². The highest BCUT2D eigenvalue weighted by atomic mass is 16.3. The van der Waals surface area contributed by atoms with E-state index in [0.29, 0.717) is 0 Å². The molecule has 0 aliphatic rings. The summed E-state index contributed by atoms with van der Waals surface area (Å²) in [5, 5.41) is 17.1. The van der Waals surface area contributed by atoms with Crippen LogP contribution in [0.15, 0.2) is 199 Å². The first kappa shape index (κ1) is 30.3. The van der Waals surface area contributed by atoms with Crippen LogP contribution >= 0.6 is 0 Å². The number of furan rings is 1. The van der Waals surface area contributed by atoms with Crippen molar-refractivity contribution in [1.82, 2.24) is 0 Å². The molecule has 0 radical (unpaired) electrons. The molecule has 11 aromatic carbocycles. The Balaban J connectivity index is 1.09. The number of benzene rings is 11. The maximum absolute atomic E-state index is 6.83. The second-order valence-corrected chi connectivity index (χ2v) is 14.8. The first-order valence-corrected chi connectivity index (χ1v) is 19.0. The van der Waals surface area contributed by atoms with Crippen LogP contribution in [0.3, 0.4) is 0 Å². The second-order valence-electron chi connectivity index (χ2n) is 14.8. The van der Waals surface area contributed by atoms with Crippen LogP contribution in [0, 0.1) is 0 Å². The van der Waals surface area contributed by atoms with Crippen molar-refractivity contribution in [2.24, 2.45) is 0 Å². The highest BCUT2D eigenvalue weighted by Gasteiger charge is 2.20. The van der Waals surface area contributed by atoms with E-state index in [1.165, 1.54) is 97.8 Å². The van der Waals surface area contributed by atoms with Crippen molar-refractivity contribution < 1.29 is 4.42 Å². The van der Waals surface area contributed by atoms with E-state index < -0.39 is 0 Å². The van der Waals surface area contributed by atoms with Gasteiger partial charge in [0.15, 0.2) is 0 Å². The van der Waals surface area contributed by atoms with Crippen LogP contribution in [-0.2, 0) is 0 Å². The molecule has 12 rings (SSSR count). The topological polar surface area (TPSA) is 13.1 Å². The summed E-state index contributed by atoms with van der Waals surface area (Å²) in [5.74, 6) is 0. The zero-order valence-electron chi connectivity index (χ0n) is 29.9. The maximum atomic E-state index is 6.83. The molecule has 0 bridgehead atoms. The van der Waals surface area contributed by atoms with Gasteiger partial charge in [0, 0.05) is 16.2 Å². The maximum Gasteiger partial charge on any atom is 0.143 e. The highest BCUT2D eigenvalue weighted by Crippen LogP contribution is 2.46. The smallest absolute Gasteiger partial charge is 0.143 e. The Morgan fingerprint density at radius 1 is 0.255 bits per heavy atom. The first-order chi connectivity index (χ1) is 27.3. The number of rotatable bonds is 3. The average molecular weight is 697 g/mol. The Morgan fingerprint density at radius 2 is 0.764 bits per heavy atom. The highest BCUT2D eigenvalue weighted by molar-refractivity contribution is 6.34. The first-order valence-electron chi connectivity index (χ1n) is 19.0. The van der Waals surface area contributed by atoms with E-state index in [4.69, 9.17) is 4.42 Å². The van der Waals surface area contributed by atoms with Crippen molar-refractivity contribution >= 4 is 86.6 Å². The van der Waals surface area contributed by atoms with Crippen LogP contribution in [0.4, 0.5) is 0 Å². The fourth-order valence-electron chi connectivity index (χ4n) is 9.35. The normalized spacial score (nSPS) is 12.0. The van der Waals surface area contributed by atoms with Crippen molar-refractivity contribution in [3.05, 3.63) is 194 Å². The lowest BCUT2D eigenvalue weighted by Crippen LogP contribution is -1.91. The van der Waals surface area contributed by atoms with Crippen LogP contribution in [0.1, 0.15) is 0 Å². The molecule has 0 aliphatic carbocycles. The summed E-state index contributed by atoms with van der Waals surface area (Å²) >= 11 is 0. The lowest BCUT2D eigenvalue weighted by atomic mass is 9.85. The Hall–Kier alpha value is -7.22. The van der Waals surface area contributed by atoms with E-state index in [9.17, 15) is 0 Å². The summed E-state index contributed by atoms with van der Waals surface area (Å²) in [6.07, 6.45) is 0. The molecule has 1 heterocycles. The predicted molar refractivity (Wildman–Crippen MR) is 235 cm³/mol. The largest absolute Gasteiger partial charge is 0.455 e. The third-order valence-corrected chi connectivity index (χ3v) is 11.8. The minimum atomic E-state index is 0.921. The molecular weight excluding hydrogens is 665 g/mol. The Kier molecular flexibility index (Phi) is 6.40. The van der Waals surface area contributed by atoms with E-state index in [1.807, 2.05) is 0 Å². The Morgan fingerprint density at radius 3 is 1.49 bits per heavy atom. The molecule has 0 saturated heterocycles. The molecular formula is C54H32O. The Bertz CT molecular complexity index is 3490. The van der Waals surface area contributed by atoms with Gasteiger partial charge in [0.05, 0.1) is 0 Å². The van der Waals surface area contributed by atoms with E-state index in [0.717, 1.165) is 22.1 Å². The molecule has 12 aromatic rings. The molecule has 0 spiro atoms. The number of fused-ring (bicyclic) bond motifs is 13. The van der Waals surface area contributed by atoms with Crippen LogP contribution in [0.25, 0.3) is 120 Å². The molecule has 0 fully saturated rings. The molecule has 1 nitrogen and oxygen atoms in total. The van der Waals surface area contributed by atoms with Crippen molar-refractivity contribution in [3.8, 4) is 33.4 Å². The van der Waals surface area contributed by atoms with E-state index >= 15 is 0 Å². The fraction of sp³-hybridized carbons (Fsp3) is 0. The summed E-state index contributed by atoms with van der Waals surface area (Å²) in [6.45, 7) is 0. The van der Waals surface area contributed by atoms with Gasteiger partial charge in [0.1, 0.15) is 11.2 Å². The summed E-state index contributed by atoms with van der Waals surface area (Å²) < 4.78 is 6.83.